The number of ether oxygens (including phenoxy) is 5. The summed E-state index contributed by atoms with van der Waals surface area (Å²) in [4.78, 5) is 34.5. The van der Waals surface area contributed by atoms with Crippen molar-refractivity contribution in [2.75, 3.05) is 26.4 Å². The van der Waals surface area contributed by atoms with Crippen LogP contribution in [0.1, 0.15) is 146 Å². The van der Waals surface area contributed by atoms with E-state index < -0.39 is 46.5 Å². The van der Waals surface area contributed by atoms with Gasteiger partial charge in [0.1, 0.15) is 41.0 Å². The average molecular weight is 835 g/mol. The second-order valence-electron chi connectivity index (χ2n) is 18.8. The third-order valence-corrected chi connectivity index (χ3v) is 10.6. The van der Waals surface area contributed by atoms with Gasteiger partial charge in [-0.1, -0.05) is 48.0 Å². The Balaban J connectivity index is 1.88. The van der Waals surface area contributed by atoms with Crippen molar-refractivity contribution in [3.63, 3.8) is 0 Å². The van der Waals surface area contributed by atoms with E-state index in [0.29, 0.717) is 36.7 Å². The van der Waals surface area contributed by atoms with E-state index in [2.05, 4.69) is 29.5 Å². The first-order chi connectivity index (χ1) is 28.3. The molecule has 14 nitrogen and oxygen atoms in total. The molecule has 1 aromatic heterocycles. The van der Waals surface area contributed by atoms with E-state index in [-0.39, 0.29) is 55.4 Å². The molecule has 0 spiro atoms. The third kappa shape index (κ3) is 10.7. The van der Waals surface area contributed by atoms with Crippen LogP contribution in [0.15, 0.2) is 60.3 Å². The van der Waals surface area contributed by atoms with Gasteiger partial charge in [0.2, 0.25) is 11.5 Å². The fraction of sp³-hybridized carbons (Fsp3) is 0.630. The number of benzene rings is 1. The maximum absolute atomic E-state index is 14.4. The van der Waals surface area contributed by atoms with Gasteiger partial charge >= 0.3 is 11.9 Å². The Morgan fingerprint density at radius 2 is 1.57 bits per heavy atom. The van der Waals surface area contributed by atoms with Gasteiger partial charge in [-0.15, -0.1) is 11.7 Å². The highest BCUT2D eigenvalue weighted by Crippen LogP contribution is 2.63. The number of aliphatic hydroxyl groups excluding tert-OH is 2. The number of fused-ring (bicyclic) bond motifs is 2. The minimum atomic E-state index is -1.59. The van der Waals surface area contributed by atoms with Crippen molar-refractivity contribution in [3.8, 4) is 11.5 Å². The zero-order chi connectivity index (χ0) is 44.0. The normalized spacial score (nSPS) is 24.4. The Kier molecular flexibility index (Phi) is 14.8. The number of hydrogen-bond donors (Lipinski definition) is 2. The summed E-state index contributed by atoms with van der Waals surface area (Å²) in [5.41, 5.74) is -0.677. The van der Waals surface area contributed by atoms with Crippen LogP contribution in [0.2, 0.25) is 0 Å². The van der Waals surface area contributed by atoms with Gasteiger partial charge in [-0.2, -0.15) is 0 Å². The predicted molar refractivity (Wildman–Crippen MR) is 227 cm³/mol. The number of esters is 2. The molecule has 1 fully saturated rings. The van der Waals surface area contributed by atoms with E-state index >= 15 is 0 Å². The molecular weight excluding hydrogens is 769 g/mol. The Morgan fingerprint density at radius 1 is 0.917 bits per heavy atom. The molecule has 0 amide bonds. The molecule has 14 heteroatoms. The third-order valence-electron chi connectivity index (χ3n) is 10.6. The van der Waals surface area contributed by atoms with Crippen LogP contribution in [-0.4, -0.2) is 91.9 Å². The number of oxime groups is 1. The smallest absolute Gasteiger partial charge is 0.362 e. The van der Waals surface area contributed by atoms with Gasteiger partial charge in [0.05, 0.1) is 18.2 Å². The Labute approximate surface area is 355 Å². The highest BCUT2D eigenvalue weighted by molar-refractivity contribution is 6.03. The number of hydrogen-bond acceptors (Lipinski definition) is 13. The van der Waals surface area contributed by atoms with Gasteiger partial charge in [0.15, 0.2) is 5.69 Å². The molecule has 330 valence electrons. The van der Waals surface area contributed by atoms with Crippen LogP contribution in [0.3, 0.4) is 0 Å². The van der Waals surface area contributed by atoms with Crippen molar-refractivity contribution >= 4 is 17.7 Å². The van der Waals surface area contributed by atoms with Crippen molar-refractivity contribution in [2.45, 2.75) is 142 Å². The van der Waals surface area contributed by atoms with Gasteiger partial charge in [-0.25, -0.2) is 14.3 Å². The number of nitrogens with zero attached hydrogens (tertiary/aromatic N) is 4. The van der Waals surface area contributed by atoms with E-state index in [4.69, 9.17) is 33.7 Å². The first-order valence-electron chi connectivity index (χ1n) is 21.2. The number of carbonyl (C=O) groups excluding carboxylic acids is 2. The van der Waals surface area contributed by atoms with E-state index in [9.17, 15) is 19.8 Å². The zero-order valence-electron chi connectivity index (χ0n) is 37.0. The summed E-state index contributed by atoms with van der Waals surface area (Å²) in [5.74, 6) is -2.92. The molecule has 2 heterocycles. The van der Waals surface area contributed by atoms with Crippen LogP contribution in [0.4, 0.5) is 0 Å². The van der Waals surface area contributed by atoms with E-state index in [1.54, 1.807) is 53.7 Å². The maximum atomic E-state index is 14.4. The molecule has 2 N–H and O–H groups in total. The van der Waals surface area contributed by atoms with E-state index in [0.717, 1.165) is 36.8 Å². The number of unbranched alkanes of at least 4 members (excludes halogenated alkanes) is 2. The van der Waals surface area contributed by atoms with Gasteiger partial charge in [0, 0.05) is 31.1 Å². The molecule has 5 rings (SSSR count). The molecule has 2 aromatic rings. The van der Waals surface area contributed by atoms with Gasteiger partial charge in [-0.3, -0.25) is 0 Å². The summed E-state index contributed by atoms with van der Waals surface area (Å²) in [6, 6.07) is 4.75. The van der Waals surface area contributed by atoms with Crippen LogP contribution in [0.25, 0.3) is 0 Å². The van der Waals surface area contributed by atoms with Crippen molar-refractivity contribution in [3.05, 3.63) is 72.1 Å². The number of aliphatic hydroxyl groups is 2. The molecule has 1 aromatic carbocycles. The van der Waals surface area contributed by atoms with Crippen LogP contribution < -0.4 is 9.47 Å². The molecule has 2 aliphatic carbocycles. The summed E-state index contributed by atoms with van der Waals surface area (Å²) in [5, 5.41) is 33.5. The van der Waals surface area contributed by atoms with Crippen LogP contribution >= 0.6 is 0 Å². The van der Waals surface area contributed by atoms with Crippen molar-refractivity contribution in [1.29, 1.82) is 0 Å². The lowest BCUT2D eigenvalue weighted by Crippen LogP contribution is -2.63. The van der Waals surface area contributed by atoms with Crippen LogP contribution in [0, 0.1) is 17.8 Å². The summed E-state index contributed by atoms with van der Waals surface area (Å²) in [6.07, 6.45) is 10.1. The Morgan fingerprint density at radius 3 is 2.18 bits per heavy atom. The zero-order valence-corrected chi connectivity index (χ0v) is 37.0. The number of allylic oxidation sites excluding steroid dienone is 1. The lowest BCUT2D eigenvalue weighted by Gasteiger charge is -2.58. The van der Waals surface area contributed by atoms with Gasteiger partial charge in [-0.05, 0) is 124 Å². The molecule has 0 saturated heterocycles. The predicted octanol–water partition coefficient (Wildman–Crippen LogP) is 8.06. The molecule has 0 bridgehead atoms. The van der Waals surface area contributed by atoms with Crippen molar-refractivity contribution in [1.82, 2.24) is 15.0 Å². The van der Waals surface area contributed by atoms with E-state index in [1.165, 1.54) is 4.68 Å². The molecule has 1 aliphatic heterocycles. The molecule has 60 heavy (non-hydrogen) atoms. The van der Waals surface area contributed by atoms with Crippen LogP contribution in [0.5, 0.6) is 11.5 Å². The molecule has 0 radical (unpaired) electrons. The van der Waals surface area contributed by atoms with E-state index in [1.807, 2.05) is 39.0 Å². The summed E-state index contributed by atoms with van der Waals surface area (Å²) >= 11 is 0. The van der Waals surface area contributed by atoms with Crippen molar-refractivity contribution < 1.29 is 48.3 Å². The largest absolute Gasteiger partial charge is 0.490 e. The molecule has 6 unspecified atom stereocenters. The molecular formula is C46H66N4O10. The lowest BCUT2D eigenvalue weighted by molar-refractivity contribution is -0.252. The fourth-order valence-electron chi connectivity index (χ4n) is 8.51. The standard InChI is InChI=1S/C46H66N4O10/c1-12-24-55-30-20-21-35-33(27-30)37-31(19-15-17-23-52)29(18-14-16-22-51)26-32-34(48-60-45(9,10)11)28-36(46(57-35,38(32)37)56-25-13-2)50-40(42(54)59-44(6,7)8)39(47-49-50)41(53)58-43(3,4)5/h12-13,20-21,26-27,29,31,36-38,51-52H,1-2,14-19,22-25,28H2,3-11H3. The second kappa shape index (κ2) is 19.0. The lowest BCUT2D eigenvalue weighted by atomic mass is 9.55. The summed E-state index contributed by atoms with van der Waals surface area (Å²) in [6.45, 7) is 24.5. The highest BCUT2D eigenvalue weighted by atomic mass is 16.7. The molecule has 3 aliphatic rings. The summed E-state index contributed by atoms with van der Waals surface area (Å²) in [7, 11) is 0. The second-order valence-corrected chi connectivity index (χ2v) is 18.8. The number of carbonyl (C=O) groups is 2. The van der Waals surface area contributed by atoms with Gasteiger partial charge in [0.25, 0.3) is 0 Å². The Hall–Kier alpha value is -4.53. The fourth-order valence-corrected chi connectivity index (χ4v) is 8.51. The van der Waals surface area contributed by atoms with Gasteiger partial charge < -0.3 is 38.7 Å². The molecule has 6 atom stereocenters. The number of aromatic nitrogens is 3. The quantitative estimate of drug-likeness (QED) is 0.0641. The minimum Gasteiger partial charge on any atom is -0.490 e. The average Bonchev–Trinajstić information content (AvgIpc) is 3.60. The first-order valence-corrected chi connectivity index (χ1v) is 21.2. The van der Waals surface area contributed by atoms with Crippen molar-refractivity contribution in [2.24, 2.45) is 22.9 Å². The number of rotatable bonds is 18. The minimum absolute atomic E-state index is 0.00469. The SMILES string of the molecule is C=CCOc1ccc2c(c1)C1C(CCCCO)C(CCCCO)C=C3C(=NOC(C)(C)C)CC(n4nnc(C(=O)OC(C)(C)C)c4C(=O)OC(C)(C)C)C(OCC=C)(O2)C31. The topological polar surface area (TPSA) is 173 Å². The summed E-state index contributed by atoms with van der Waals surface area (Å²) < 4.78 is 33.5. The monoisotopic (exact) mass is 834 g/mol. The first kappa shape index (κ1) is 46.5. The highest BCUT2D eigenvalue weighted by Gasteiger charge is 2.65. The van der Waals surface area contributed by atoms with Crippen LogP contribution in [-0.2, 0) is 19.0 Å². The Bertz CT molecular complexity index is 1920. The molecule has 1 saturated carbocycles. The maximum Gasteiger partial charge on any atom is 0.362 e.